The second-order valence-electron chi connectivity index (χ2n) is 4.48. The molecule has 2 aromatic carbocycles. The summed E-state index contributed by atoms with van der Waals surface area (Å²) < 4.78 is 66.0. The van der Waals surface area contributed by atoms with Gasteiger partial charge in [0.25, 0.3) is 0 Å². The predicted octanol–water partition coefficient (Wildman–Crippen LogP) is 5.70. The normalized spacial score (nSPS) is 12.9. The first-order valence-corrected chi connectivity index (χ1v) is 9.31. The van der Waals surface area contributed by atoms with Crippen LogP contribution in [0.25, 0.3) is 20.2 Å². The summed E-state index contributed by atoms with van der Waals surface area (Å²) in [6.07, 6.45) is 0. The SMILES string of the molecule is O=S(=O)(Oc1ccc(Br)c2c1sc1ccc(Cl)cc12)C(F)(F)F. The van der Waals surface area contributed by atoms with Crippen molar-refractivity contribution in [2.45, 2.75) is 5.51 Å². The summed E-state index contributed by atoms with van der Waals surface area (Å²) in [4.78, 5) is 0. The van der Waals surface area contributed by atoms with Crippen molar-refractivity contribution in [3.8, 4) is 5.75 Å². The Balaban J connectivity index is 2.28. The molecule has 3 nitrogen and oxygen atoms in total. The number of halogens is 5. The number of fused-ring (bicyclic) bond motifs is 3. The Morgan fingerprint density at radius 3 is 2.52 bits per heavy atom. The number of thiophene rings is 1. The fourth-order valence-electron chi connectivity index (χ4n) is 2.02. The molecular weight excluding hydrogens is 441 g/mol. The second-order valence-corrected chi connectivity index (χ2v) is 8.36. The third kappa shape index (κ3) is 2.90. The molecule has 0 aliphatic rings. The molecule has 0 radical (unpaired) electrons. The highest BCUT2D eigenvalue weighted by Crippen LogP contribution is 2.44. The monoisotopic (exact) mass is 444 g/mol. The third-order valence-electron chi connectivity index (χ3n) is 2.98. The molecule has 0 bridgehead atoms. The zero-order valence-corrected chi connectivity index (χ0v) is 14.8. The average Bonchev–Trinajstić information content (AvgIpc) is 2.80. The minimum absolute atomic E-state index is 0.282. The molecule has 3 aromatic rings. The van der Waals surface area contributed by atoms with Crippen LogP contribution in [0.1, 0.15) is 0 Å². The van der Waals surface area contributed by atoms with Gasteiger partial charge in [0, 0.05) is 25.0 Å². The molecule has 0 saturated carbocycles. The first kappa shape index (κ1) is 16.8. The molecule has 0 N–H and O–H groups in total. The maximum Gasteiger partial charge on any atom is 0.534 e. The lowest BCUT2D eigenvalue weighted by atomic mass is 10.1. The number of benzene rings is 2. The maximum absolute atomic E-state index is 12.5. The molecule has 0 saturated heterocycles. The van der Waals surface area contributed by atoms with E-state index in [1.807, 2.05) is 0 Å². The van der Waals surface area contributed by atoms with Crippen molar-refractivity contribution in [1.82, 2.24) is 0 Å². The summed E-state index contributed by atoms with van der Waals surface area (Å²) in [7, 11) is -5.74. The Kier molecular flexibility index (Phi) is 4.03. The largest absolute Gasteiger partial charge is 0.534 e. The van der Waals surface area contributed by atoms with Gasteiger partial charge in [0.15, 0.2) is 5.75 Å². The van der Waals surface area contributed by atoms with E-state index >= 15 is 0 Å². The number of alkyl halides is 3. The minimum atomic E-state index is -5.74. The van der Waals surface area contributed by atoms with Gasteiger partial charge in [0.2, 0.25) is 0 Å². The average molecular weight is 446 g/mol. The van der Waals surface area contributed by atoms with E-state index in [0.29, 0.717) is 20.3 Å². The molecule has 0 fully saturated rings. The van der Waals surface area contributed by atoms with Crippen LogP contribution < -0.4 is 4.18 Å². The van der Waals surface area contributed by atoms with Gasteiger partial charge in [-0.25, -0.2) is 0 Å². The Bertz CT molecular complexity index is 1030. The highest BCUT2D eigenvalue weighted by Gasteiger charge is 2.48. The minimum Gasteiger partial charge on any atom is -0.374 e. The quantitative estimate of drug-likeness (QED) is 0.375. The van der Waals surface area contributed by atoms with Crippen molar-refractivity contribution in [3.63, 3.8) is 0 Å². The van der Waals surface area contributed by atoms with E-state index in [4.69, 9.17) is 11.6 Å². The standard InChI is InChI=1S/C13H5BrClF3O3S2/c14-8-2-3-9(21-23(19,20)13(16,17)18)12-11(8)7-5-6(15)1-4-10(7)22-12/h1-5H. The number of hydrogen-bond donors (Lipinski definition) is 0. The van der Waals surface area contributed by atoms with Crippen LogP contribution >= 0.6 is 38.9 Å². The predicted molar refractivity (Wildman–Crippen MR) is 87.6 cm³/mol. The first-order valence-electron chi connectivity index (χ1n) is 5.91. The van der Waals surface area contributed by atoms with E-state index in [9.17, 15) is 21.6 Å². The van der Waals surface area contributed by atoms with Gasteiger partial charge in [-0.2, -0.15) is 21.6 Å². The van der Waals surface area contributed by atoms with Crippen LogP contribution in [0.3, 0.4) is 0 Å². The summed E-state index contributed by atoms with van der Waals surface area (Å²) in [5.41, 5.74) is -5.49. The van der Waals surface area contributed by atoms with Gasteiger partial charge in [0.1, 0.15) is 0 Å². The van der Waals surface area contributed by atoms with Gasteiger partial charge in [-0.3, -0.25) is 0 Å². The van der Waals surface area contributed by atoms with Crippen LogP contribution in [-0.4, -0.2) is 13.9 Å². The molecule has 10 heteroatoms. The first-order chi connectivity index (χ1) is 10.6. The lowest BCUT2D eigenvalue weighted by molar-refractivity contribution is -0.0499. The lowest BCUT2D eigenvalue weighted by Gasteiger charge is -2.10. The number of hydrogen-bond acceptors (Lipinski definition) is 4. The van der Waals surface area contributed by atoms with E-state index in [1.165, 1.54) is 12.1 Å². The molecule has 0 aliphatic heterocycles. The maximum atomic E-state index is 12.5. The van der Waals surface area contributed by atoms with Crippen molar-refractivity contribution >= 4 is 69.2 Å². The highest BCUT2D eigenvalue weighted by molar-refractivity contribution is 9.10. The molecule has 23 heavy (non-hydrogen) atoms. The van der Waals surface area contributed by atoms with Crippen molar-refractivity contribution in [2.24, 2.45) is 0 Å². The molecule has 3 rings (SSSR count). The van der Waals surface area contributed by atoms with Crippen molar-refractivity contribution < 1.29 is 25.8 Å². The number of rotatable bonds is 2. The van der Waals surface area contributed by atoms with Gasteiger partial charge in [0.05, 0.1) is 4.70 Å². The topological polar surface area (TPSA) is 43.4 Å². The van der Waals surface area contributed by atoms with E-state index in [1.54, 1.807) is 18.2 Å². The highest BCUT2D eigenvalue weighted by atomic mass is 79.9. The van der Waals surface area contributed by atoms with Gasteiger partial charge in [-0.05, 0) is 30.3 Å². The van der Waals surface area contributed by atoms with Gasteiger partial charge < -0.3 is 4.18 Å². The van der Waals surface area contributed by atoms with E-state index in [-0.39, 0.29) is 10.4 Å². The van der Waals surface area contributed by atoms with E-state index in [0.717, 1.165) is 16.0 Å². The molecular formula is C13H5BrClF3O3S2. The van der Waals surface area contributed by atoms with Crippen LogP contribution in [0.15, 0.2) is 34.8 Å². The Hall–Kier alpha value is -1.03. The molecule has 0 amide bonds. The summed E-state index contributed by atoms with van der Waals surface area (Å²) >= 11 is 10.4. The summed E-state index contributed by atoms with van der Waals surface area (Å²) in [6.45, 7) is 0. The van der Waals surface area contributed by atoms with Crippen LogP contribution in [-0.2, 0) is 10.1 Å². The molecule has 1 heterocycles. The molecule has 0 spiro atoms. The molecule has 0 aliphatic carbocycles. The van der Waals surface area contributed by atoms with E-state index in [2.05, 4.69) is 20.1 Å². The fourth-order valence-corrected chi connectivity index (χ4v) is 4.55. The Morgan fingerprint density at radius 2 is 1.87 bits per heavy atom. The molecule has 0 atom stereocenters. The second kappa shape index (κ2) is 5.51. The summed E-state index contributed by atoms with van der Waals surface area (Å²) in [5.74, 6) is -0.377. The van der Waals surface area contributed by atoms with Crippen molar-refractivity contribution in [3.05, 3.63) is 39.8 Å². The van der Waals surface area contributed by atoms with Gasteiger partial charge in [-0.15, -0.1) is 11.3 Å². The lowest BCUT2D eigenvalue weighted by Crippen LogP contribution is -2.28. The van der Waals surface area contributed by atoms with Crippen molar-refractivity contribution in [1.29, 1.82) is 0 Å². The zero-order chi connectivity index (χ0) is 17.0. The van der Waals surface area contributed by atoms with Crippen LogP contribution in [0.5, 0.6) is 5.75 Å². The summed E-state index contributed by atoms with van der Waals surface area (Å²) in [6, 6.07) is 7.60. The van der Waals surface area contributed by atoms with E-state index < -0.39 is 15.6 Å². The molecule has 0 unspecified atom stereocenters. The third-order valence-corrected chi connectivity index (χ3v) is 6.02. The fraction of sp³-hybridized carbons (Fsp3) is 0.0769. The van der Waals surface area contributed by atoms with Crippen LogP contribution in [0.4, 0.5) is 13.2 Å². The summed E-state index contributed by atoms with van der Waals surface area (Å²) in [5, 5.41) is 1.69. The molecule has 1 aromatic heterocycles. The smallest absolute Gasteiger partial charge is 0.374 e. The van der Waals surface area contributed by atoms with Crippen LogP contribution in [0.2, 0.25) is 5.02 Å². The van der Waals surface area contributed by atoms with Gasteiger partial charge in [-0.1, -0.05) is 27.5 Å². The Labute approximate surface area is 145 Å². The van der Waals surface area contributed by atoms with Gasteiger partial charge >= 0.3 is 15.6 Å². The van der Waals surface area contributed by atoms with Crippen LogP contribution in [0, 0.1) is 0 Å². The van der Waals surface area contributed by atoms with Crippen molar-refractivity contribution in [2.75, 3.05) is 0 Å². The molecule has 122 valence electrons. The Morgan fingerprint density at radius 1 is 1.17 bits per heavy atom. The zero-order valence-electron chi connectivity index (χ0n) is 10.8.